The van der Waals surface area contributed by atoms with E-state index in [1.165, 1.54) is 11.8 Å². The van der Waals surface area contributed by atoms with Crippen molar-refractivity contribution in [2.24, 2.45) is 5.84 Å². The van der Waals surface area contributed by atoms with Gasteiger partial charge in [-0.3, -0.25) is 0 Å². The lowest BCUT2D eigenvalue weighted by atomic mass is 10.4. The Morgan fingerprint density at radius 1 is 1.43 bits per heavy atom. The van der Waals surface area contributed by atoms with Crippen LogP contribution in [0.2, 0.25) is 0 Å². The molecular formula is C8H15N5S. The van der Waals surface area contributed by atoms with Gasteiger partial charge in [-0.2, -0.15) is 0 Å². The number of nitrogen functional groups attached to an aromatic ring is 1. The molecule has 4 N–H and O–H groups in total. The quantitative estimate of drug-likeness (QED) is 0.296. The minimum Gasteiger partial charge on any atom is -0.370 e. The molecule has 0 aromatic carbocycles. The van der Waals surface area contributed by atoms with Crippen LogP contribution in [-0.2, 0) is 0 Å². The lowest BCUT2D eigenvalue weighted by Crippen LogP contribution is -2.11. The molecular weight excluding hydrogens is 198 g/mol. The first-order chi connectivity index (χ1) is 6.80. The summed E-state index contributed by atoms with van der Waals surface area (Å²) in [6.07, 6.45) is 2.99. The van der Waals surface area contributed by atoms with E-state index in [4.69, 9.17) is 5.84 Å². The Kier molecular flexibility index (Phi) is 4.48. The predicted octanol–water partition coefficient (Wildman–Crippen LogP) is 1.31. The van der Waals surface area contributed by atoms with Crippen molar-refractivity contribution in [2.75, 3.05) is 23.5 Å². The molecule has 1 heterocycles. The molecule has 0 aliphatic carbocycles. The number of hydrazine groups is 1. The van der Waals surface area contributed by atoms with Crippen molar-refractivity contribution in [1.82, 2.24) is 9.97 Å². The number of thioether (sulfide) groups is 1. The van der Waals surface area contributed by atoms with Gasteiger partial charge < -0.3 is 10.7 Å². The van der Waals surface area contributed by atoms with E-state index in [1.807, 2.05) is 6.26 Å². The molecule has 14 heavy (non-hydrogen) atoms. The van der Waals surface area contributed by atoms with E-state index in [0.29, 0.717) is 11.0 Å². The molecule has 0 fully saturated rings. The highest BCUT2D eigenvalue weighted by atomic mass is 32.2. The topological polar surface area (TPSA) is 75.9 Å². The van der Waals surface area contributed by atoms with Gasteiger partial charge in [-0.25, -0.2) is 15.8 Å². The van der Waals surface area contributed by atoms with Crippen molar-refractivity contribution in [1.29, 1.82) is 0 Å². The summed E-state index contributed by atoms with van der Waals surface area (Å²) in [6.45, 7) is 3.00. The fraction of sp³-hybridized carbons (Fsp3) is 0.500. The first-order valence-corrected chi connectivity index (χ1v) is 5.66. The maximum atomic E-state index is 5.29. The fourth-order valence-corrected chi connectivity index (χ4v) is 1.31. The van der Waals surface area contributed by atoms with Crippen LogP contribution >= 0.6 is 11.8 Å². The van der Waals surface area contributed by atoms with Crippen molar-refractivity contribution >= 4 is 23.4 Å². The van der Waals surface area contributed by atoms with Crippen LogP contribution in [0.3, 0.4) is 0 Å². The lowest BCUT2D eigenvalue weighted by molar-refractivity contribution is 0.926. The number of anilines is 2. The van der Waals surface area contributed by atoms with Crippen molar-refractivity contribution in [3.63, 3.8) is 0 Å². The van der Waals surface area contributed by atoms with Gasteiger partial charge in [0.25, 0.3) is 0 Å². The second-order valence-electron chi connectivity index (χ2n) is 2.70. The van der Waals surface area contributed by atoms with Crippen LogP contribution in [0.5, 0.6) is 0 Å². The molecule has 0 saturated carbocycles. The average Bonchev–Trinajstić information content (AvgIpc) is 2.25. The third-order valence-electron chi connectivity index (χ3n) is 1.59. The third kappa shape index (κ3) is 3.04. The summed E-state index contributed by atoms with van der Waals surface area (Å²) >= 11 is 1.49. The highest BCUT2D eigenvalue weighted by Gasteiger charge is 2.01. The monoisotopic (exact) mass is 213 g/mol. The normalized spacial score (nSPS) is 9.93. The molecule has 6 heteroatoms. The molecule has 0 amide bonds. The van der Waals surface area contributed by atoms with Gasteiger partial charge in [0.15, 0.2) is 5.16 Å². The van der Waals surface area contributed by atoms with E-state index in [1.54, 1.807) is 6.07 Å². The molecule has 0 bridgehead atoms. The Morgan fingerprint density at radius 2 is 2.14 bits per heavy atom. The van der Waals surface area contributed by atoms with Crippen LogP contribution < -0.4 is 16.6 Å². The number of rotatable bonds is 5. The molecule has 0 unspecified atom stereocenters. The zero-order valence-electron chi connectivity index (χ0n) is 8.37. The maximum Gasteiger partial charge on any atom is 0.191 e. The number of nitrogens with zero attached hydrogens (tertiary/aromatic N) is 2. The van der Waals surface area contributed by atoms with Gasteiger partial charge in [0.2, 0.25) is 0 Å². The molecule has 0 atom stereocenters. The first kappa shape index (κ1) is 11.1. The van der Waals surface area contributed by atoms with E-state index in [2.05, 4.69) is 27.6 Å². The van der Waals surface area contributed by atoms with Gasteiger partial charge in [0, 0.05) is 12.6 Å². The minimum absolute atomic E-state index is 0.628. The van der Waals surface area contributed by atoms with E-state index in [0.717, 1.165) is 18.8 Å². The average molecular weight is 213 g/mol. The van der Waals surface area contributed by atoms with Crippen LogP contribution in [0.15, 0.2) is 11.2 Å². The Labute approximate surface area is 87.9 Å². The second-order valence-corrected chi connectivity index (χ2v) is 3.47. The Bertz CT molecular complexity index is 269. The van der Waals surface area contributed by atoms with Crippen molar-refractivity contribution in [2.45, 2.75) is 18.5 Å². The summed E-state index contributed by atoms with van der Waals surface area (Å²) < 4.78 is 0. The number of nitrogens with one attached hydrogen (secondary N) is 2. The second kappa shape index (κ2) is 5.66. The summed E-state index contributed by atoms with van der Waals surface area (Å²) in [7, 11) is 0. The summed E-state index contributed by atoms with van der Waals surface area (Å²) in [5.74, 6) is 6.73. The first-order valence-electron chi connectivity index (χ1n) is 4.43. The van der Waals surface area contributed by atoms with Crippen LogP contribution in [0, 0.1) is 0 Å². The van der Waals surface area contributed by atoms with Crippen molar-refractivity contribution < 1.29 is 0 Å². The van der Waals surface area contributed by atoms with Gasteiger partial charge in [-0.15, -0.1) is 0 Å². The van der Waals surface area contributed by atoms with Gasteiger partial charge >= 0.3 is 0 Å². The SMILES string of the molecule is CCCNc1cc(NN)nc(SC)n1. The van der Waals surface area contributed by atoms with Crippen LogP contribution in [0.4, 0.5) is 11.6 Å². The summed E-state index contributed by atoms with van der Waals surface area (Å²) in [5, 5.41) is 3.89. The van der Waals surface area contributed by atoms with E-state index in [9.17, 15) is 0 Å². The molecule has 0 aliphatic heterocycles. The lowest BCUT2D eigenvalue weighted by Gasteiger charge is -2.07. The Balaban J connectivity index is 2.81. The Hall–Kier alpha value is -1.01. The number of hydrogen-bond donors (Lipinski definition) is 3. The van der Waals surface area contributed by atoms with Gasteiger partial charge in [0.05, 0.1) is 0 Å². The highest BCUT2D eigenvalue weighted by Crippen LogP contribution is 2.16. The number of nitrogens with two attached hydrogens (primary N) is 1. The van der Waals surface area contributed by atoms with E-state index >= 15 is 0 Å². The van der Waals surface area contributed by atoms with Crippen LogP contribution in [0.1, 0.15) is 13.3 Å². The molecule has 78 valence electrons. The van der Waals surface area contributed by atoms with Crippen molar-refractivity contribution in [3.8, 4) is 0 Å². The van der Waals surface area contributed by atoms with Crippen LogP contribution in [-0.4, -0.2) is 22.8 Å². The Morgan fingerprint density at radius 3 is 2.71 bits per heavy atom. The van der Waals surface area contributed by atoms with Gasteiger partial charge in [-0.1, -0.05) is 18.7 Å². The molecule has 1 aromatic rings. The zero-order chi connectivity index (χ0) is 10.4. The summed E-state index contributed by atoms with van der Waals surface area (Å²) in [4.78, 5) is 8.44. The van der Waals surface area contributed by atoms with E-state index in [-0.39, 0.29) is 0 Å². The fourth-order valence-electron chi connectivity index (χ4n) is 0.934. The van der Waals surface area contributed by atoms with Crippen molar-refractivity contribution in [3.05, 3.63) is 6.07 Å². The minimum atomic E-state index is 0.628. The summed E-state index contributed by atoms with van der Waals surface area (Å²) in [5.41, 5.74) is 2.51. The largest absolute Gasteiger partial charge is 0.370 e. The molecule has 0 radical (unpaired) electrons. The zero-order valence-corrected chi connectivity index (χ0v) is 9.19. The van der Waals surface area contributed by atoms with Gasteiger partial charge in [-0.05, 0) is 12.7 Å². The predicted molar refractivity (Wildman–Crippen MR) is 60.4 cm³/mol. The number of aromatic nitrogens is 2. The smallest absolute Gasteiger partial charge is 0.191 e. The molecule has 5 nitrogen and oxygen atoms in total. The summed E-state index contributed by atoms with van der Waals surface area (Å²) in [6, 6.07) is 1.79. The highest BCUT2D eigenvalue weighted by molar-refractivity contribution is 7.98. The maximum absolute atomic E-state index is 5.29. The third-order valence-corrected chi connectivity index (χ3v) is 2.14. The molecule has 0 spiro atoms. The standard InChI is InChI=1S/C8H15N5S/c1-3-4-10-6-5-7(13-9)12-8(11-6)14-2/h5H,3-4,9H2,1-2H3,(H2,10,11,12,13). The molecule has 1 aromatic heterocycles. The van der Waals surface area contributed by atoms with Gasteiger partial charge in [0.1, 0.15) is 11.6 Å². The van der Waals surface area contributed by atoms with Crippen LogP contribution in [0.25, 0.3) is 0 Å². The number of hydrogen-bond acceptors (Lipinski definition) is 6. The van der Waals surface area contributed by atoms with E-state index < -0.39 is 0 Å². The molecule has 0 saturated heterocycles. The molecule has 1 rings (SSSR count). The molecule has 0 aliphatic rings.